The van der Waals surface area contributed by atoms with Gasteiger partial charge in [0.25, 0.3) is 0 Å². The molecule has 0 aromatic heterocycles. The molecule has 111 heavy (non-hydrogen) atoms. The van der Waals surface area contributed by atoms with Crippen LogP contribution in [0.15, 0.2) is 158 Å². The Labute approximate surface area is 657 Å². The molecular formula is C92H118O19. The van der Waals surface area contributed by atoms with Gasteiger partial charge in [-0.05, 0) is 272 Å². The van der Waals surface area contributed by atoms with Crippen LogP contribution >= 0.6 is 0 Å². The molecule has 0 saturated heterocycles. The predicted octanol–water partition coefficient (Wildman–Crippen LogP) is 21.1. The van der Waals surface area contributed by atoms with E-state index in [0.29, 0.717) is 116 Å². The molecule has 2 saturated carbocycles. The van der Waals surface area contributed by atoms with Crippen molar-refractivity contribution in [1.29, 1.82) is 0 Å². The summed E-state index contributed by atoms with van der Waals surface area (Å²) >= 11 is 0. The van der Waals surface area contributed by atoms with Gasteiger partial charge in [0.05, 0.1) is 81.7 Å². The number of esters is 8. The van der Waals surface area contributed by atoms with Crippen LogP contribution in [0.1, 0.15) is 257 Å². The lowest BCUT2D eigenvalue weighted by molar-refractivity contribution is -0.150. The minimum Gasteiger partial charge on any atom is -0.494 e. The molecular weight excluding hydrogens is 1410 g/mol. The number of carbonyl (C=O) groups excluding carboxylic acids is 8. The molecule has 0 N–H and O–H groups in total. The second kappa shape index (κ2) is 52.4. The maximum absolute atomic E-state index is 13.1. The Morgan fingerprint density at radius 2 is 0.631 bits per heavy atom. The molecule has 0 atom stereocenters. The van der Waals surface area contributed by atoms with Crippen molar-refractivity contribution in [2.45, 2.75) is 226 Å². The third kappa shape index (κ3) is 35.0. The fraction of sp³-hybridized carbons (Fsp3) is 0.500. The molecule has 2 aliphatic carbocycles. The van der Waals surface area contributed by atoms with Crippen LogP contribution in [0, 0.1) is 23.7 Å². The van der Waals surface area contributed by atoms with Gasteiger partial charge >= 0.3 is 47.8 Å². The zero-order valence-corrected chi connectivity index (χ0v) is 65.8. The number of rotatable bonds is 50. The number of hydrogen-bond donors (Lipinski definition) is 0. The van der Waals surface area contributed by atoms with Crippen molar-refractivity contribution in [3.63, 3.8) is 0 Å². The fourth-order valence-electron chi connectivity index (χ4n) is 13.6. The van der Waals surface area contributed by atoms with E-state index in [9.17, 15) is 38.4 Å². The molecule has 6 aromatic carbocycles. The third-order valence-electron chi connectivity index (χ3n) is 20.0. The molecule has 0 amide bonds. The number of hydrogen-bond acceptors (Lipinski definition) is 19. The van der Waals surface area contributed by atoms with Crippen LogP contribution < -0.4 is 33.2 Å². The Balaban J connectivity index is 0.00000848. The fourth-order valence-corrected chi connectivity index (χ4v) is 13.6. The van der Waals surface area contributed by atoms with Gasteiger partial charge in [-0.15, -0.1) is 0 Å². The lowest BCUT2D eigenvalue weighted by Gasteiger charge is -2.37. The lowest BCUT2D eigenvalue weighted by Crippen LogP contribution is -2.30. The van der Waals surface area contributed by atoms with E-state index in [0.717, 1.165) is 150 Å². The average molecular weight is 1530 g/mol. The van der Waals surface area contributed by atoms with Crippen LogP contribution in [0.2, 0.25) is 0 Å². The van der Waals surface area contributed by atoms with Crippen LogP contribution in [0.25, 0.3) is 11.1 Å². The van der Waals surface area contributed by atoms with E-state index in [2.05, 4.69) is 13.5 Å². The molecule has 0 radical (unpaired) electrons. The van der Waals surface area contributed by atoms with Gasteiger partial charge in [-0.1, -0.05) is 116 Å². The lowest BCUT2D eigenvalue weighted by atomic mass is 9.68. The van der Waals surface area contributed by atoms with Gasteiger partial charge in [0.1, 0.15) is 40.2 Å². The normalized spacial score (nSPS) is 15.1. The van der Waals surface area contributed by atoms with Crippen molar-refractivity contribution >= 4 is 47.8 Å². The molecule has 0 spiro atoms. The first kappa shape index (κ1) is 88.4. The third-order valence-corrected chi connectivity index (χ3v) is 20.0. The highest BCUT2D eigenvalue weighted by Gasteiger charge is 2.34. The first-order chi connectivity index (χ1) is 54.3. The second-order valence-electron chi connectivity index (χ2n) is 28.4. The van der Waals surface area contributed by atoms with E-state index in [4.69, 9.17) is 52.1 Å². The molecule has 2 aliphatic rings. The van der Waals surface area contributed by atoms with Crippen LogP contribution in [-0.4, -0.2) is 94.0 Å². The van der Waals surface area contributed by atoms with Crippen molar-refractivity contribution in [2.75, 3.05) is 46.2 Å². The quantitative estimate of drug-likeness (QED) is 0.0113. The first-order valence-electron chi connectivity index (χ1n) is 40.9. The highest BCUT2D eigenvalue weighted by molar-refractivity contribution is 5.93. The average Bonchev–Trinajstić information content (AvgIpc) is 0.853. The Hall–Kier alpha value is -9.78. The first-order valence-corrected chi connectivity index (χ1v) is 40.9. The molecule has 8 rings (SSSR count). The predicted molar refractivity (Wildman–Crippen MR) is 427 cm³/mol. The summed E-state index contributed by atoms with van der Waals surface area (Å²) in [6, 6.07) is 41.3. The largest absolute Gasteiger partial charge is 0.494 e. The highest BCUT2D eigenvalue weighted by Crippen LogP contribution is 2.43. The summed E-state index contributed by atoms with van der Waals surface area (Å²) in [5.41, 5.74) is 3.03. The van der Waals surface area contributed by atoms with Crippen LogP contribution in [-0.2, 0) is 42.9 Å². The van der Waals surface area contributed by atoms with Gasteiger partial charge in [-0.25, -0.2) is 19.2 Å². The Kier molecular flexibility index (Phi) is 41.7. The molecule has 19 nitrogen and oxygen atoms in total. The second-order valence-corrected chi connectivity index (χ2v) is 28.4. The van der Waals surface area contributed by atoms with Crippen molar-refractivity contribution in [3.8, 4) is 51.4 Å². The smallest absolute Gasteiger partial charge is 0.343 e. The van der Waals surface area contributed by atoms with E-state index in [-0.39, 0.29) is 43.9 Å². The summed E-state index contributed by atoms with van der Waals surface area (Å²) in [5.74, 6) is 2.55. The molecule has 0 heterocycles. The topological polar surface area (TPSA) is 238 Å². The number of ether oxygens (including phenoxy) is 11. The zero-order valence-electron chi connectivity index (χ0n) is 65.8. The van der Waals surface area contributed by atoms with Gasteiger partial charge in [-0.2, -0.15) is 0 Å². The van der Waals surface area contributed by atoms with Crippen LogP contribution in [0.4, 0.5) is 0 Å². The van der Waals surface area contributed by atoms with Gasteiger partial charge in [0.2, 0.25) is 0 Å². The van der Waals surface area contributed by atoms with E-state index < -0.39 is 35.8 Å². The molecule has 2 fully saturated rings. The van der Waals surface area contributed by atoms with Crippen molar-refractivity contribution < 1.29 is 90.5 Å². The molecule has 600 valence electrons. The Morgan fingerprint density at radius 3 is 1.02 bits per heavy atom. The summed E-state index contributed by atoms with van der Waals surface area (Å²) in [7, 11) is 0. The highest BCUT2D eigenvalue weighted by atomic mass is 16.6. The van der Waals surface area contributed by atoms with Crippen molar-refractivity contribution in [3.05, 3.63) is 175 Å². The molecule has 0 unspecified atom stereocenters. The van der Waals surface area contributed by atoms with Crippen molar-refractivity contribution in [2.24, 2.45) is 23.7 Å². The molecule has 19 heteroatoms. The maximum atomic E-state index is 13.1. The number of benzene rings is 6. The minimum atomic E-state index is -0.542. The number of carbonyl (C=O) groups is 8. The Morgan fingerprint density at radius 1 is 0.324 bits per heavy atom. The Bertz CT molecular complexity index is 3680. The van der Waals surface area contributed by atoms with E-state index in [1.165, 1.54) is 51.4 Å². The summed E-state index contributed by atoms with van der Waals surface area (Å²) in [4.78, 5) is 99.6. The van der Waals surface area contributed by atoms with E-state index in [1.807, 2.05) is 50.2 Å². The van der Waals surface area contributed by atoms with E-state index in [1.54, 1.807) is 109 Å². The number of unbranched alkanes of at least 4 members (excludes halogenated alkanes) is 15. The summed E-state index contributed by atoms with van der Waals surface area (Å²) in [6.07, 6.45) is 30.6. The molecule has 6 aromatic rings. The molecule has 0 bridgehead atoms. The SMILES string of the molecule is C=CC(=O)OCCCCCCOc1ccc(C(=O)Oc2ccc(OC(=O)c3ccc(OCCCCCCCCOC(=O)CCCCCOC(=O)CCC(=O)OCCCCCCOc4ccc(-c5ccc(C(=O)Oc6ccc(OC(=O)C7CCC(C8CCC(CCCCC)CC8)CC7)cc6)cc5)cc4)cc3)cc2)cc1.CC. The van der Waals surface area contributed by atoms with Crippen LogP contribution in [0.3, 0.4) is 0 Å². The summed E-state index contributed by atoms with van der Waals surface area (Å²) < 4.78 is 61.1. The molecule has 0 aliphatic heterocycles. The van der Waals surface area contributed by atoms with Crippen LogP contribution in [0.5, 0.6) is 40.2 Å². The van der Waals surface area contributed by atoms with Gasteiger partial charge in [0.15, 0.2) is 0 Å². The van der Waals surface area contributed by atoms with Crippen molar-refractivity contribution in [1.82, 2.24) is 0 Å². The maximum Gasteiger partial charge on any atom is 0.343 e. The summed E-state index contributed by atoms with van der Waals surface area (Å²) in [6.45, 7) is 12.5. The van der Waals surface area contributed by atoms with Gasteiger partial charge < -0.3 is 52.1 Å². The zero-order chi connectivity index (χ0) is 78.9. The summed E-state index contributed by atoms with van der Waals surface area (Å²) in [5, 5.41) is 0. The standard InChI is InChI=1S/C90H112O19.C2H6/c1-3-5-15-24-67-26-28-68(29-27-67)69-30-34-72(35-31-69)87(95)106-79-50-52-80(53-51-79)107-88(96)73-36-32-70(33-37-73)71-38-44-76(45-39-71)99-61-19-11-13-22-65-104-85(93)58-59-86(94)105-66-23-14-16-25-84(92)103-64-20-9-7-6-8-17-60-100-77-46-40-74(41-47-77)89(97)108-81-54-56-82(57-55-81)109-90(98)75-42-48-78(49-43-75)101-62-18-10-12-21-63-102-83(91)4-2;1-2/h4,32-33,36-57,67-69,72H,2-3,5-31,34-35,58-66H2,1H3;1-2H3. The van der Waals surface area contributed by atoms with E-state index >= 15 is 0 Å². The monoisotopic (exact) mass is 1530 g/mol. The minimum absolute atomic E-state index is 0.0433. The van der Waals surface area contributed by atoms with Gasteiger partial charge in [-0.3, -0.25) is 19.2 Å². The van der Waals surface area contributed by atoms with Gasteiger partial charge in [0, 0.05) is 12.5 Å².